The number of halogens is 1. The van der Waals surface area contributed by atoms with Crippen molar-refractivity contribution in [2.75, 3.05) is 7.05 Å². The van der Waals surface area contributed by atoms with Crippen molar-refractivity contribution in [3.05, 3.63) is 28.5 Å². The molecule has 0 spiro atoms. The molecule has 1 amide bonds. The molecule has 0 saturated heterocycles. The molecule has 0 saturated carbocycles. The first-order valence-electron chi connectivity index (χ1n) is 3.67. The van der Waals surface area contributed by atoms with Gasteiger partial charge < -0.3 is 10.4 Å². The van der Waals surface area contributed by atoms with E-state index in [1.807, 2.05) is 0 Å². The maximum Gasteiger partial charge on any atom is 0.254 e. The molecule has 70 valence electrons. The molecule has 13 heavy (non-hydrogen) atoms. The maximum atomic E-state index is 11.0. The molecule has 1 aromatic heterocycles. The Kier molecular flexibility index (Phi) is 3.39. The minimum atomic E-state index is -1.21. The Morgan fingerprint density at radius 2 is 2.38 bits per heavy atom. The van der Waals surface area contributed by atoms with Crippen molar-refractivity contribution >= 4 is 21.8 Å². The molecule has 5 heteroatoms. The smallest absolute Gasteiger partial charge is 0.254 e. The van der Waals surface area contributed by atoms with Crippen molar-refractivity contribution < 1.29 is 9.90 Å². The summed E-state index contributed by atoms with van der Waals surface area (Å²) in [6.45, 7) is 0. The number of nitrogens with zero attached hydrogens (tertiary/aromatic N) is 1. The minimum Gasteiger partial charge on any atom is -0.377 e. The third-order valence-electron chi connectivity index (χ3n) is 1.51. The van der Waals surface area contributed by atoms with Gasteiger partial charge in [-0.25, -0.2) is 4.98 Å². The molecule has 0 fully saturated rings. The Morgan fingerprint density at radius 1 is 1.69 bits per heavy atom. The summed E-state index contributed by atoms with van der Waals surface area (Å²) in [7, 11) is 1.46. The number of hydrogen-bond acceptors (Lipinski definition) is 3. The van der Waals surface area contributed by atoms with Crippen LogP contribution in [0, 0.1) is 0 Å². The first-order valence-corrected chi connectivity index (χ1v) is 4.46. The highest BCUT2D eigenvalue weighted by molar-refractivity contribution is 9.10. The lowest BCUT2D eigenvalue weighted by Crippen LogP contribution is -2.26. The van der Waals surface area contributed by atoms with Crippen molar-refractivity contribution in [3.63, 3.8) is 0 Å². The van der Waals surface area contributed by atoms with E-state index in [4.69, 9.17) is 0 Å². The topological polar surface area (TPSA) is 62.2 Å². The molecule has 4 nitrogen and oxygen atoms in total. The Morgan fingerprint density at radius 3 is 2.92 bits per heavy atom. The van der Waals surface area contributed by atoms with Crippen LogP contribution < -0.4 is 5.32 Å². The molecule has 0 aliphatic carbocycles. The van der Waals surface area contributed by atoms with Gasteiger partial charge in [-0.3, -0.25) is 4.79 Å². The van der Waals surface area contributed by atoms with Crippen molar-refractivity contribution in [1.29, 1.82) is 0 Å². The van der Waals surface area contributed by atoms with Crippen LogP contribution in [-0.2, 0) is 4.79 Å². The summed E-state index contributed by atoms with van der Waals surface area (Å²) in [5.74, 6) is -0.467. The van der Waals surface area contributed by atoms with Gasteiger partial charge in [-0.1, -0.05) is 6.07 Å². The summed E-state index contributed by atoms with van der Waals surface area (Å²) < 4.78 is 0.591. The van der Waals surface area contributed by atoms with Crippen LogP contribution in [-0.4, -0.2) is 23.0 Å². The second kappa shape index (κ2) is 4.34. The number of carbonyl (C=O) groups excluding carboxylic acids is 1. The van der Waals surface area contributed by atoms with Gasteiger partial charge in [0.25, 0.3) is 5.91 Å². The van der Waals surface area contributed by atoms with E-state index in [1.165, 1.54) is 7.05 Å². The summed E-state index contributed by atoms with van der Waals surface area (Å²) in [6, 6.07) is 5.02. The summed E-state index contributed by atoms with van der Waals surface area (Å²) in [4.78, 5) is 15.0. The number of carbonyl (C=O) groups is 1. The third-order valence-corrected chi connectivity index (χ3v) is 1.95. The summed E-state index contributed by atoms with van der Waals surface area (Å²) in [5, 5.41) is 11.8. The number of aliphatic hydroxyl groups is 1. The molecule has 1 aromatic rings. The second-order valence-electron chi connectivity index (χ2n) is 2.40. The predicted octanol–water partition coefficient (Wildman–Crippen LogP) is 0.623. The van der Waals surface area contributed by atoms with E-state index in [0.29, 0.717) is 10.3 Å². The first-order chi connectivity index (χ1) is 6.15. The fraction of sp³-hybridized carbons (Fsp3) is 0.250. The number of aromatic nitrogens is 1. The van der Waals surface area contributed by atoms with E-state index in [9.17, 15) is 9.90 Å². The Bertz CT molecular complexity index is 317. The van der Waals surface area contributed by atoms with E-state index in [1.54, 1.807) is 18.2 Å². The quantitative estimate of drug-likeness (QED) is 0.751. The van der Waals surface area contributed by atoms with Crippen LogP contribution in [0.15, 0.2) is 22.8 Å². The summed E-state index contributed by atoms with van der Waals surface area (Å²) >= 11 is 3.15. The molecule has 0 aromatic carbocycles. The highest BCUT2D eigenvalue weighted by Crippen LogP contribution is 2.13. The van der Waals surface area contributed by atoms with Crippen LogP contribution in [0.25, 0.3) is 0 Å². The molecule has 0 aliphatic rings. The highest BCUT2D eigenvalue weighted by Gasteiger charge is 2.16. The number of aliphatic hydroxyl groups excluding tert-OH is 1. The first kappa shape index (κ1) is 10.1. The van der Waals surface area contributed by atoms with Crippen LogP contribution in [0.5, 0.6) is 0 Å². The van der Waals surface area contributed by atoms with E-state index in [2.05, 4.69) is 26.2 Å². The Balaban J connectivity index is 2.88. The largest absolute Gasteiger partial charge is 0.377 e. The Hall–Kier alpha value is -0.940. The van der Waals surface area contributed by atoms with Gasteiger partial charge in [0.15, 0.2) is 6.10 Å². The zero-order chi connectivity index (χ0) is 9.84. The molecular formula is C8H9BrN2O2. The lowest BCUT2D eigenvalue weighted by atomic mass is 10.2. The molecule has 1 atom stereocenters. The fourth-order valence-corrected chi connectivity index (χ4v) is 1.20. The van der Waals surface area contributed by atoms with Gasteiger partial charge in [-0.2, -0.15) is 0 Å². The fourth-order valence-electron chi connectivity index (χ4n) is 0.847. The Labute approximate surface area is 84.1 Å². The van der Waals surface area contributed by atoms with Crippen LogP contribution in [0.4, 0.5) is 0 Å². The molecule has 0 bridgehead atoms. The van der Waals surface area contributed by atoms with Gasteiger partial charge in [-0.05, 0) is 28.1 Å². The normalized spacial score (nSPS) is 12.2. The molecule has 1 heterocycles. The predicted molar refractivity (Wildman–Crippen MR) is 51.0 cm³/mol. The summed E-state index contributed by atoms with van der Waals surface area (Å²) in [5.41, 5.74) is 0.328. The standard InChI is InChI=1S/C8H9BrN2O2/c1-10-8(13)7(12)5-3-2-4-6(9)11-5/h2-4,7,12H,1H3,(H,10,13). The van der Waals surface area contributed by atoms with Crippen LogP contribution in [0.2, 0.25) is 0 Å². The van der Waals surface area contributed by atoms with Gasteiger partial charge in [0.05, 0.1) is 5.69 Å². The molecule has 0 aliphatic heterocycles. The number of nitrogens with one attached hydrogen (secondary N) is 1. The SMILES string of the molecule is CNC(=O)C(O)c1cccc(Br)n1. The molecule has 2 N–H and O–H groups in total. The number of pyridine rings is 1. The van der Waals surface area contributed by atoms with Crippen molar-refractivity contribution in [2.24, 2.45) is 0 Å². The second-order valence-corrected chi connectivity index (χ2v) is 3.21. The van der Waals surface area contributed by atoms with E-state index in [0.717, 1.165) is 0 Å². The van der Waals surface area contributed by atoms with Gasteiger partial charge in [0, 0.05) is 7.05 Å². The van der Waals surface area contributed by atoms with Crippen LogP contribution in [0.3, 0.4) is 0 Å². The zero-order valence-electron chi connectivity index (χ0n) is 6.99. The van der Waals surface area contributed by atoms with Crippen molar-refractivity contribution in [1.82, 2.24) is 10.3 Å². The molecular weight excluding hydrogens is 236 g/mol. The summed E-state index contributed by atoms with van der Waals surface area (Å²) in [6.07, 6.45) is -1.21. The molecule has 0 radical (unpaired) electrons. The van der Waals surface area contributed by atoms with Gasteiger partial charge in [0.2, 0.25) is 0 Å². The van der Waals surface area contributed by atoms with Gasteiger partial charge >= 0.3 is 0 Å². The number of hydrogen-bond donors (Lipinski definition) is 2. The number of rotatable bonds is 2. The van der Waals surface area contributed by atoms with Crippen molar-refractivity contribution in [3.8, 4) is 0 Å². The zero-order valence-corrected chi connectivity index (χ0v) is 8.58. The number of amides is 1. The van der Waals surface area contributed by atoms with E-state index in [-0.39, 0.29) is 0 Å². The average molecular weight is 245 g/mol. The van der Waals surface area contributed by atoms with Crippen LogP contribution >= 0.6 is 15.9 Å². The molecule has 1 unspecified atom stereocenters. The van der Waals surface area contributed by atoms with Gasteiger partial charge in [-0.15, -0.1) is 0 Å². The van der Waals surface area contributed by atoms with Gasteiger partial charge in [0.1, 0.15) is 4.60 Å². The van der Waals surface area contributed by atoms with E-state index >= 15 is 0 Å². The minimum absolute atomic E-state index is 0.328. The maximum absolute atomic E-state index is 11.0. The average Bonchev–Trinajstić information content (AvgIpc) is 2.15. The lowest BCUT2D eigenvalue weighted by Gasteiger charge is -2.07. The van der Waals surface area contributed by atoms with Crippen LogP contribution in [0.1, 0.15) is 11.8 Å². The monoisotopic (exact) mass is 244 g/mol. The van der Waals surface area contributed by atoms with E-state index < -0.39 is 12.0 Å². The number of likely N-dealkylation sites (N-methyl/N-ethyl adjacent to an activating group) is 1. The highest BCUT2D eigenvalue weighted by atomic mass is 79.9. The lowest BCUT2D eigenvalue weighted by molar-refractivity contribution is -0.129. The third kappa shape index (κ3) is 2.50. The molecule has 1 rings (SSSR count). The van der Waals surface area contributed by atoms with Crippen molar-refractivity contribution in [2.45, 2.75) is 6.10 Å².